The van der Waals surface area contributed by atoms with Crippen LogP contribution in [0.25, 0.3) is 0 Å². The number of halogens is 1. The lowest BCUT2D eigenvalue weighted by atomic mass is 10.4. The summed E-state index contributed by atoms with van der Waals surface area (Å²) in [5, 5.41) is 0. The quantitative estimate of drug-likeness (QED) is 0.547. The zero-order valence-electron chi connectivity index (χ0n) is 9.10. The average Bonchev–Trinajstić information content (AvgIpc) is 2.01. The van der Waals surface area contributed by atoms with E-state index in [1.54, 1.807) is 20.8 Å². The van der Waals surface area contributed by atoms with E-state index in [1.165, 1.54) is 0 Å². The van der Waals surface area contributed by atoms with E-state index in [9.17, 15) is 8.96 Å². The third kappa shape index (κ3) is 6.62. The van der Waals surface area contributed by atoms with Crippen molar-refractivity contribution in [3.8, 4) is 0 Å². The number of phosphoric acid groups is 1. The maximum Gasteiger partial charge on any atom is 0.531 e. The lowest BCUT2D eigenvalue weighted by Gasteiger charge is -2.15. The number of nitrogens with two attached hydrogens (primary N) is 1. The van der Waals surface area contributed by atoms with Gasteiger partial charge in [0, 0.05) is 12.1 Å². The highest BCUT2D eigenvalue weighted by Crippen LogP contribution is 2.51. The first-order chi connectivity index (χ1) is 6.93. The molecule has 0 aliphatic heterocycles. The lowest BCUT2D eigenvalue weighted by molar-refractivity contribution is 0.126. The second-order valence-electron chi connectivity index (χ2n) is 2.70. The van der Waals surface area contributed by atoms with Gasteiger partial charge in [-0.2, -0.15) is 4.39 Å². The molecule has 0 radical (unpaired) electrons. The van der Waals surface area contributed by atoms with E-state index in [1.807, 2.05) is 0 Å². The minimum Gasteiger partial charge on any atom is -0.377 e. The monoisotopic (exact) mass is 241 g/mol. The maximum absolute atomic E-state index is 13.0. The molecule has 0 rings (SSSR count). The first kappa shape index (κ1) is 14.6. The molecule has 7 heteroatoms. The van der Waals surface area contributed by atoms with E-state index in [4.69, 9.17) is 14.8 Å². The van der Waals surface area contributed by atoms with Gasteiger partial charge in [0.25, 0.3) is 6.01 Å². The molecule has 15 heavy (non-hydrogen) atoms. The van der Waals surface area contributed by atoms with Crippen LogP contribution in [0, 0.1) is 0 Å². The van der Waals surface area contributed by atoms with Gasteiger partial charge in [0.2, 0.25) is 0 Å². The molecule has 0 aliphatic carbocycles. The van der Waals surface area contributed by atoms with Crippen LogP contribution in [-0.4, -0.2) is 19.3 Å². The predicted molar refractivity (Wildman–Crippen MR) is 54.8 cm³/mol. The molecular weight excluding hydrogens is 224 g/mol. The molecule has 90 valence electrons. The van der Waals surface area contributed by atoms with Crippen LogP contribution in [-0.2, 0) is 18.1 Å². The molecule has 2 N–H and O–H groups in total. The SMILES string of the molecule is CCOP(=O)(OCC)O/C(F)=C/C(C)N. The fraction of sp³-hybridized carbons (Fsp3) is 0.750. The van der Waals surface area contributed by atoms with E-state index < -0.39 is 19.9 Å². The van der Waals surface area contributed by atoms with Crippen molar-refractivity contribution in [2.45, 2.75) is 26.8 Å². The average molecular weight is 241 g/mol. The van der Waals surface area contributed by atoms with Gasteiger partial charge in [-0.1, -0.05) is 0 Å². The minimum atomic E-state index is -3.83. The van der Waals surface area contributed by atoms with E-state index in [-0.39, 0.29) is 13.2 Å². The van der Waals surface area contributed by atoms with E-state index in [2.05, 4.69) is 4.52 Å². The highest BCUT2D eigenvalue weighted by Gasteiger charge is 2.28. The Kier molecular flexibility index (Phi) is 6.76. The fourth-order valence-electron chi connectivity index (χ4n) is 0.750. The second-order valence-corrected chi connectivity index (χ2v) is 4.30. The van der Waals surface area contributed by atoms with Gasteiger partial charge in [-0.3, -0.25) is 9.05 Å². The summed E-state index contributed by atoms with van der Waals surface area (Å²) >= 11 is 0. The summed E-state index contributed by atoms with van der Waals surface area (Å²) < 4.78 is 38.5. The molecule has 5 nitrogen and oxygen atoms in total. The predicted octanol–water partition coefficient (Wildman–Crippen LogP) is 2.34. The first-order valence-electron chi connectivity index (χ1n) is 4.65. The molecule has 0 aromatic rings. The van der Waals surface area contributed by atoms with Crippen molar-refractivity contribution in [3.05, 3.63) is 12.1 Å². The van der Waals surface area contributed by atoms with Gasteiger partial charge >= 0.3 is 7.82 Å². The molecule has 1 atom stereocenters. The van der Waals surface area contributed by atoms with E-state index in [0.717, 1.165) is 6.08 Å². The fourth-order valence-corrected chi connectivity index (χ4v) is 1.84. The van der Waals surface area contributed by atoms with Crippen LogP contribution in [0.5, 0.6) is 0 Å². The number of phosphoric ester groups is 1. The number of rotatable bonds is 7. The topological polar surface area (TPSA) is 70.8 Å². The Morgan fingerprint density at radius 2 is 1.93 bits per heavy atom. The summed E-state index contributed by atoms with van der Waals surface area (Å²) in [4.78, 5) is 0. The van der Waals surface area contributed by atoms with Gasteiger partial charge in [-0.05, 0) is 20.8 Å². The largest absolute Gasteiger partial charge is 0.531 e. The Labute approximate surface area is 89.0 Å². The molecule has 0 spiro atoms. The molecular formula is C8H17FNO4P. The van der Waals surface area contributed by atoms with Crippen molar-refractivity contribution in [1.82, 2.24) is 0 Å². The summed E-state index contributed by atoms with van der Waals surface area (Å²) in [6.45, 7) is 4.95. The molecule has 0 aliphatic rings. The summed E-state index contributed by atoms with van der Waals surface area (Å²) in [7, 11) is -3.83. The van der Waals surface area contributed by atoms with Gasteiger partial charge in [0.1, 0.15) is 0 Å². The lowest BCUT2D eigenvalue weighted by Crippen LogP contribution is -2.11. The Hall–Kier alpha value is -0.420. The van der Waals surface area contributed by atoms with Gasteiger partial charge in [-0.15, -0.1) is 0 Å². The first-order valence-corrected chi connectivity index (χ1v) is 6.11. The molecule has 0 bridgehead atoms. The van der Waals surface area contributed by atoms with Crippen LogP contribution in [0.4, 0.5) is 4.39 Å². The second kappa shape index (κ2) is 6.95. The third-order valence-electron chi connectivity index (χ3n) is 1.17. The summed E-state index contributed by atoms with van der Waals surface area (Å²) in [6.07, 6.45) is 0.977. The number of hydrogen-bond acceptors (Lipinski definition) is 5. The molecule has 0 saturated heterocycles. The summed E-state index contributed by atoms with van der Waals surface area (Å²) in [5.74, 6) is 0. The highest BCUT2D eigenvalue weighted by molar-refractivity contribution is 7.48. The van der Waals surface area contributed by atoms with Crippen LogP contribution < -0.4 is 5.73 Å². The highest BCUT2D eigenvalue weighted by atomic mass is 31.2. The van der Waals surface area contributed by atoms with E-state index in [0.29, 0.717) is 0 Å². The van der Waals surface area contributed by atoms with Crippen molar-refractivity contribution in [2.24, 2.45) is 5.73 Å². The zero-order valence-corrected chi connectivity index (χ0v) is 10.00. The van der Waals surface area contributed by atoms with Gasteiger partial charge < -0.3 is 10.3 Å². The van der Waals surface area contributed by atoms with Crippen LogP contribution in [0.3, 0.4) is 0 Å². The van der Waals surface area contributed by atoms with Crippen LogP contribution >= 0.6 is 7.82 Å². The third-order valence-corrected chi connectivity index (χ3v) is 2.71. The van der Waals surface area contributed by atoms with Crippen LogP contribution in [0.2, 0.25) is 0 Å². The summed E-state index contributed by atoms with van der Waals surface area (Å²) in [5.41, 5.74) is 5.29. The minimum absolute atomic E-state index is 0.0999. The standard InChI is InChI=1S/C8H17FNO4P/c1-4-12-15(11,13-5-2)14-8(9)6-7(3)10/h6-7H,4-5,10H2,1-3H3/b8-6+. The number of hydrogen-bond donors (Lipinski definition) is 1. The van der Waals surface area contributed by atoms with Crippen LogP contribution in [0.15, 0.2) is 12.1 Å². The van der Waals surface area contributed by atoms with Crippen molar-refractivity contribution in [3.63, 3.8) is 0 Å². The van der Waals surface area contributed by atoms with Crippen molar-refractivity contribution < 1.29 is 22.5 Å². The normalized spacial score (nSPS) is 15.1. The molecule has 0 heterocycles. The van der Waals surface area contributed by atoms with Crippen molar-refractivity contribution in [1.29, 1.82) is 0 Å². The maximum atomic E-state index is 13.0. The Morgan fingerprint density at radius 3 is 2.27 bits per heavy atom. The molecule has 0 saturated carbocycles. The van der Waals surface area contributed by atoms with Gasteiger partial charge in [0.05, 0.1) is 13.2 Å². The smallest absolute Gasteiger partial charge is 0.377 e. The van der Waals surface area contributed by atoms with Gasteiger partial charge in [-0.25, -0.2) is 4.57 Å². The molecule has 0 amide bonds. The Bertz CT molecular complexity index is 247. The van der Waals surface area contributed by atoms with Crippen molar-refractivity contribution >= 4 is 7.82 Å². The Morgan fingerprint density at radius 1 is 1.47 bits per heavy atom. The molecule has 0 aromatic carbocycles. The molecule has 0 fully saturated rings. The zero-order chi connectivity index (χ0) is 11.9. The molecule has 0 aromatic heterocycles. The van der Waals surface area contributed by atoms with Crippen LogP contribution in [0.1, 0.15) is 20.8 Å². The van der Waals surface area contributed by atoms with E-state index >= 15 is 0 Å². The summed E-state index contributed by atoms with van der Waals surface area (Å²) in [6, 6.07) is -1.60. The Balaban J connectivity index is 4.47. The molecule has 1 unspecified atom stereocenters. The van der Waals surface area contributed by atoms with Crippen molar-refractivity contribution in [2.75, 3.05) is 13.2 Å². The van der Waals surface area contributed by atoms with Gasteiger partial charge in [0.15, 0.2) is 0 Å².